The van der Waals surface area contributed by atoms with E-state index in [0.717, 1.165) is 29.7 Å². The maximum Gasteiger partial charge on any atom is 0.147 e. The molecular formula is C24H16F2N6. The van der Waals surface area contributed by atoms with Gasteiger partial charge in [-0.3, -0.25) is 4.57 Å². The molecule has 0 radical (unpaired) electrons. The number of nitrogens with zero attached hydrogens (tertiary/aromatic N) is 6. The molecule has 0 N–H and O–H groups in total. The van der Waals surface area contributed by atoms with Crippen molar-refractivity contribution >= 4 is 0 Å². The Morgan fingerprint density at radius 1 is 1.09 bits per heavy atom. The van der Waals surface area contributed by atoms with Gasteiger partial charge in [0, 0.05) is 24.0 Å². The molecule has 32 heavy (non-hydrogen) atoms. The first kappa shape index (κ1) is 17.8. The lowest BCUT2D eigenvalue weighted by Gasteiger charge is -2.53. The van der Waals surface area contributed by atoms with Gasteiger partial charge in [-0.15, -0.1) is 5.10 Å². The first-order valence-corrected chi connectivity index (χ1v) is 10.4. The van der Waals surface area contributed by atoms with Gasteiger partial charge in [-0.2, -0.15) is 5.10 Å². The van der Waals surface area contributed by atoms with Crippen LogP contribution < -0.4 is 0 Å². The summed E-state index contributed by atoms with van der Waals surface area (Å²) in [5.41, 5.74) is 2.18. The Hall–Kier alpha value is -3.81. The van der Waals surface area contributed by atoms with Crippen molar-refractivity contribution in [3.05, 3.63) is 96.1 Å². The molecule has 2 fully saturated rings. The third-order valence-electron chi connectivity index (χ3n) is 7.39. The second-order valence-electron chi connectivity index (χ2n) is 8.81. The summed E-state index contributed by atoms with van der Waals surface area (Å²) >= 11 is 0. The van der Waals surface area contributed by atoms with E-state index < -0.39 is 17.0 Å². The van der Waals surface area contributed by atoms with Crippen molar-refractivity contribution in [1.29, 1.82) is 0 Å². The Bertz CT molecular complexity index is 1430. The van der Waals surface area contributed by atoms with Gasteiger partial charge in [0.15, 0.2) is 0 Å². The number of hydrogen-bond donors (Lipinski definition) is 0. The van der Waals surface area contributed by atoms with Crippen LogP contribution in [0.2, 0.25) is 0 Å². The summed E-state index contributed by atoms with van der Waals surface area (Å²) in [5.74, 6) is 0.258. The van der Waals surface area contributed by atoms with Crippen LogP contribution in [0.4, 0.5) is 8.78 Å². The molecule has 1 aromatic carbocycles. The molecule has 1 unspecified atom stereocenters. The molecule has 3 aromatic heterocycles. The fraction of sp³-hybridized carbons (Fsp3) is 0.208. The number of hydrogen-bond acceptors (Lipinski definition) is 5. The quantitative estimate of drug-likeness (QED) is 0.461. The molecule has 1 spiro atoms. The van der Waals surface area contributed by atoms with Crippen molar-refractivity contribution in [3.8, 4) is 17.1 Å². The Morgan fingerprint density at radius 3 is 2.69 bits per heavy atom. The Morgan fingerprint density at radius 2 is 1.94 bits per heavy atom. The molecule has 0 amide bonds. The smallest absolute Gasteiger partial charge is 0.147 e. The zero-order chi connectivity index (χ0) is 21.7. The van der Waals surface area contributed by atoms with Crippen LogP contribution in [0, 0.1) is 17.0 Å². The van der Waals surface area contributed by atoms with Crippen molar-refractivity contribution in [2.75, 3.05) is 0 Å². The number of allylic oxidation sites excluding steroid dienone is 1. The fourth-order valence-electron chi connectivity index (χ4n) is 5.75. The maximum atomic E-state index is 14.4. The summed E-state index contributed by atoms with van der Waals surface area (Å²) in [4.78, 5) is 13.5. The maximum absolute atomic E-state index is 14.4. The first-order valence-electron chi connectivity index (χ1n) is 10.4. The second kappa shape index (κ2) is 5.70. The summed E-state index contributed by atoms with van der Waals surface area (Å²) < 4.78 is 30.6. The van der Waals surface area contributed by atoms with Gasteiger partial charge in [0.1, 0.15) is 29.6 Å². The van der Waals surface area contributed by atoms with Crippen LogP contribution in [-0.2, 0) is 5.41 Å². The van der Waals surface area contributed by atoms with Crippen LogP contribution >= 0.6 is 0 Å². The van der Waals surface area contributed by atoms with Gasteiger partial charge >= 0.3 is 0 Å². The van der Waals surface area contributed by atoms with E-state index in [0.29, 0.717) is 11.6 Å². The van der Waals surface area contributed by atoms with Crippen LogP contribution in [0.3, 0.4) is 0 Å². The van der Waals surface area contributed by atoms with E-state index in [1.54, 1.807) is 24.8 Å². The SMILES string of the molecule is C=C1C23C[C@H]2c2cc(-c4c(F)cccc4F)nnc2[C@@]1(c1nccc(-n2ccnc2)n1)C3. The Labute approximate surface area is 181 Å². The minimum atomic E-state index is -0.652. The van der Waals surface area contributed by atoms with E-state index >= 15 is 0 Å². The third kappa shape index (κ3) is 2.00. The summed E-state index contributed by atoms with van der Waals surface area (Å²) in [6, 6.07) is 7.41. The van der Waals surface area contributed by atoms with Crippen molar-refractivity contribution in [1.82, 2.24) is 29.7 Å². The molecular weight excluding hydrogens is 410 g/mol. The standard InChI is InChI=1S/C24H16F2N6/c1-13-23-10-15(23)14-9-18(20-16(25)3-2-4-17(20)26)30-31-21(14)24(13,11-23)22-28-6-5-19(29-22)32-8-7-27-12-32/h2-9,12,15H,1,10-11H2/t15-,23?,24+/m0/s1. The topological polar surface area (TPSA) is 69.4 Å². The summed E-state index contributed by atoms with van der Waals surface area (Å²) in [7, 11) is 0. The van der Waals surface area contributed by atoms with Crippen LogP contribution in [-0.4, -0.2) is 29.7 Å². The molecule has 0 aliphatic heterocycles. The molecule has 6 nitrogen and oxygen atoms in total. The van der Waals surface area contributed by atoms with E-state index in [4.69, 9.17) is 4.98 Å². The minimum absolute atomic E-state index is 0.00451. The monoisotopic (exact) mass is 426 g/mol. The van der Waals surface area contributed by atoms with Gasteiger partial charge in [0.05, 0.1) is 22.4 Å². The molecule has 8 heteroatoms. The molecule has 3 atom stereocenters. The van der Waals surface area contributed by atoms with Crippen LogP contribution in [0.5, 0.6) is 0 Å². The molecule has 3 heterocycles. The van der Waals surface area contributed by atoms with Crippen LogP contribution in [0.15, 0.2) is 67.4 Å². The normalized spacial score (nSPS) is 26.8. The van der Waals surface area contributed by atoms with Crippen molar-refractivity contribution < 1.29 is 8.78 Å². The highest BCUT2D eigenvalue weighted by molar-refractivity contribution is 5.69. The Balaban J connectivity index is 1.41. The number of halogens is 2. The molecule has 4 aliphatic rings. The molecule has 4 aliphatic carbocycles. The number of rotatable bonds is 3. The third-order valence-corrected chi connectivity index (χ3v) is 7.39. The van der Waals surface area contributed by atoms with Gasteiger partial charge in [0.2, 0.25) is 0 Å². The number of benzene rings is 1. The van der Waals surface area contributed by atoms with Gasteiger partial charge < -0.3 is 0 Å². The van der Waals surface area contributed by atoms with Crippen molar-refractivity contribution in [3.63, 3.8) is 0 Å². The van der Waals surface area contributed by atoms with E-state index in [9.17, 15) is 8.78 Å². The Kier molecular flexibility index (Phi) is 3.18. The zero-order valence-electron chi connectivity index (χ0n) is 16.8. The lowest BCUT2D eigenvalue weighted by atomic mass is 9.49. The summed E-state index contributed by atoms with van der Waals surface area (Å²) in [6.07, 6.45) is 8.69. The minimum Gasteiger partial charge on any atom is -0.290 e. The molecule has 2 saturated carbocycles. The highest BCUT2D eigenvalue weighted by atomic mass is 19.1. The van der Waals surface area contributed by atoms with E-state index in [-0.39, 0.29) is 22.6 Å². The second-order valence-corrected chi connectivity index (χ2v) is 8.81. The van der Waals surface area contributed by atoms with E-state index in [1.807, 2.05) is 16.8 Å². The predicted molar refractivity (Wildman–Crippen MR) is 111 cm³/mol. The van der Waals surface area contributed by atoms with Crippen molar-refractivity contribution in [2.45, 2.75) is 24.2 Å². The molecule has 2 bridgehead atoms. The fourth-order valence-corrected chi connectivity index (χ4v) is 5.75. The number of imidazole rings is 1. The van der Waals surface area contributed by atoms with Gasteiger partial charge in [0.25, 0.3) is 0 Å². The van der Waals surface area contributed by atoms with Gasteiger partial charge in [-0.05, 0) is 48.6 Å². The average molecular weight is 426 g/mol. The van der Waals surface area contributed by atoms with Crippen LogP contribution in [0.25, 0.3) is 17.1 Å². The largest absolute Gasteiger partial charge is 0.290 e. The lowest BCUT2D eigenvalue weighted by molar-refractivity contribution is 0.234. The first-order chi connectivity index (χ1) is 15.5. The highest BCUT2D eigenvalue weighted by Gasteiger charge is 2.77. The highest BCUT2D eigenvalue weighted by Crippen LogP contribution is 2.83. The lowest BCUT2D eigenvalue weighted by Crippen LogP contribution is -2.52. The molecule has 8 rings (SSSR count). The molecule has 156 valence electrons. The molecule has 4 aromatic rings. The summed E-state index contributed by atoms with van der Waals surface area (Å²) in [6.45, 7) is 4.42. The average Bonchev–Trinajstić information content (AvgIpc) is 3.37. The van der Waals surface area contributed by atoms with Gasteiger partial charge in [-0.1, -0.05) is 18.2 Å². The number of aromatic nitrogens is 6. The zero-order valence-corrected chi connectivity index (χ0v) is 16.8. The van der Waals surface area contributed by atoms with Crippen LogP contribution in [0.1, 0.15) is 35.8 Å². The van der Waals surface area contributed by atoms with Gasteiger partial charge in [-0.25, -0.2) is 23.7 Å². The van der Waals surface area contributed by atoms with E-state index in [2.05, 4.69) is 26.7 Å². The predicted octanol–water partition coefficient (Wildman–Crippen LogP) is 4.13. The summed E-state index contributed by atoms with van der Waals surface area (Å²) in [5, 5.41) is 8.76. The molecule has 0 saturated heterocycles. The van der Waals surface area contributed by atoms with E-state index in [1.165, 1.54) is 18.2 Å². The van der Waals surface area contributed by atoms with Crippen molar-refractivity contribution in [2.24, 2.45) is 5.41 Å².